The van der Waals surface area contributed by atoms with Gasteiger partial charge in [0.25, 0.3) is 5.56 Å². The van der Waals surface area contributed by atoms with Crippen LogP contribution in [0.2, 0.25) is 0 Å². The fraction of sp³-hybridized carbons (Fsp3) is 0.0667. The molecule has 0 aliphatic rings. The molecule has 0 aliphatic heterocycles. The molecule has 0 spiro atoms. The van der Waals surface area contributed by atoms with E-state index in [9.17, 15) is 29.0 Å². The Bertz CT molecular complexity index is 1140. The summed E-state index contributed by atoms with van der Waals surface area (Å²) in [5, 5.41) is 27.6. The Balaban J connectivity index is 2.95. The molecule has 1 heterocycles. The van der Waals surface area contributed by atoms with Gasteiger partial charge in [-0.05, 0) is 17.7 Å². The minimum absolute atomic E-state index is 0.0437. The van der Waals surface area contributed by atoms with Crippen LogP contribution in [0, 0.1) is 34.0 Å². The summed E-state index contributed by atoms with van der Waals surface area (Å²) in [6.45, 7) is 0. The Kier molecular flexibility index (Phi) is 4.11. The average Bonchev–Trinajstić information content (AvgIpc) is 2.52. The van der Waals surface area contributed by atoms with Gasteiger partial charge in [-0.1, -0.05) is 6.07 Å². The number of benzene rings is 1. The number of nitrogens with one attached hydrogen (secondary N) is 1. The highest BCUT2D eigenvalue weighted by atomic mass is 32.2. The standard InChI is InChI=1S/C15H9N5O3S/c1-24(22,23)12-3-2-8(4-9(12)5-16)13-10(6-17)14(19)20-15(21)11(13)7-18/h2-4H,1H3,(H3,19,20,21). The molecule has 0 bridgehead atoms. The fourth-order valence-corrected chi connectivity index (χ4v) is 3.05. The molecule has 0 radical (unpaired) electrons. The predicted octanol–water partition coefficient (Wildman–Crippen LogP) is 0.643. The Labute approximate surface area is 136 Å². The van der Waals surface area contributed by atoms with Gasteiger partial charge in [-0.25, -0.2) is 8.42 Å². The van der Waals surface area contributed by atoms with Crippen LogP contribution < -0.4 is 11.3 Å². The highest BCUT2D eigenvalue weighted by molar-refractivity contribution is 7.90. The van der Waals surface area contributed by atoms with E-state index in [-0.39, 0.29) is 38.5 Å². The number of nitriles is 3. The number of nitrogens with zero attached hydrogens (tertiary/aromatic N) is 3. The van der Waals surface area contributed by atoms with Crippen LogP contribution in [0.25, 0.3) is 11.1 Å². The summed E-state index contributed by atoms with van der Waals surface area (Å²) in [6.07, 6.45) is 0.954. The molecule has 0 saturated heterocycles. The molecular weight excluding hydrogens is 330 g/mol. The van der Waals surface area contributed by atoms with Crippen LogP contribution in [-0.4, -0.2) is 19.7 Å². The number of nitrogen functional groups attached to an aromatic ring is 1. The largest absolute Gasteiger partial charge is 0.384 e. The summed E-state index contributed by atoms with van der Waals surface area (Å²) in [6, 6.07) is 8.95. The molecule has 9 heteroatoms. The van der Waals surface area contributed by atoms with Crippen LogP contribution in [0.15, 0.2) is 27.9 Å². The SMILES string of the molecule is CS(=O)(=O)c1ccc(-c2c(C#N)c(N)[nH]c(=O)c2C#N)cc1C#N. The molecule has 2 aromatic rings. The van der Waals surface area contributed by atoms with Crippen molar-refractivity contribution in [2.24, 2.45) is 0 Å². The lowest BCUT2D eigenvalue weighted by Crippen LogP contribution is -2.16. The van der Waals surface area contributed by atoms with Gasteiger partial charge in [-0.2, -0.15) is 15.8 Å². The second kappa shape index (κ2) is 5.88. The highest BCUT2D eigenvalue weighted by Gasteiger charge is 2.20. The van der Waals surface area contributed by atoms with Crippen molar-refractivity contribution in [1.29, 1.82) is 15.8 Å². The quantitative estimate of drug-likeness (QED) is 0.810. The Morgan fingerprint density at radius 1 is 1.08 bits per heavy atom. The molecule has 0 atom stereocenters. The Hall–Kier alpha value is -3.61. The summed E-state index contributed by atoms with van der Waals surface area (Å²) in [5.74, 6) is -0.220. The lowest BCUT2D eigenvalue weighted by molar-refractivity contribution is 0.601. The molecule has 2 rings (SSSR count). The van der Waals surface area contributed by atoms with Crippen molar-refractivity contribution < 1.29 is 8.42 Å². The van der Waals surface area contributed by atoms with E-state index in [1.54, 1.807) is 18.2 Å². The van der Waals surface area contributed by atoms with Crippen molar-refractivity contribution >= 4 is 15.7 Å². The lowest BCUT2D eigenvalue weighted by Gasteiger charge is -2.10. The number of hydrogen-bond donors (Lipinski definition) is 2. The molecule has 0 unspecified atom stereocenters. The lowest BCUT2D eigenvalue weighted by atomic mass is 9.95. The molecule has 8 nitrogen and oxygen atoms in total. The van der Waals surface area contributed by atoms with E-state index in [1.165, 1.54) is 18.2 Å². The molecule has 0 aliphatic carbocycles. The number of nitrogens with two attached hydrogens (primary N) is 1. The van der Waals surface area contributed by atoms with Gasteiger partial charge in [-0.3, -0.25) is 4.79 Å². The van der Waals surface area contributed by atoms with Gasteiger partial charge in [-0.15, -0.1) is 0 Å². The first kappa shape index (κ1) is 16.8. The molecule has 1 aromatic heterocycles. The molecular formula is C15H9N5O3S. The van der Waals surface area contributed by atoms with Gasteiger partial charge in [0.05, 0.1) is 10.5 Å². The first-order valence-electron chi connectivity index (χ1n) is 6.35. The second-order valence-corrected chi connectivity index (χ2v) is 6.80. The molecule has 1 aromatic carbocycles. The first-order chi connectivity index (χ1) is 11.2. The number of anilines is 1. The third kappa shape index (κ3) is 2.70. The van der Waals surface area contributed by atoms with Crippen LogP contribution in [0.3, 0.4) is 0 Å². The number of aromatic amines is 1. The van der Waals surface area contributed by atoms with Crippen LogP contribution in [0.1, 0.15) is 16.7 Å². The zero-order valence-corrected chi connectivity index (χ0v) is 13.1. The molecule has 24 heavy (non-hydrogen) atoms. The maximum Gasteiger partial charge on any atom is 0.268 e. The van der Waals surface area contributed by atoms with E-state index >= 15 is 0 Å². The van der Waals surface area contributed by atoms with E-state index < -0.39 is 15.4 Å². The normalized spacial score (nSPS) is 10.4. The number of pyridine rings is 1. The van der Waals surface area contributed by atoms with Gasteiger partial charge in [0.2, 0.25) is 0 Å². The van der Waals surface area contributed by atoms with Gasteiger partial charge in [0.1, 0.15) is 35.2 Å². The van der Waals surface area contributed by atoms with Crippen LogP contribution >= 0.6 is 0 Å². The van der Waals surface area contributed by atoms with Crippen LogP contribution in [0.5, 0.6) is 0 Å². The predicted molar refractivity (Wildman–Crippen MR) is 84.2 cm³/mol. The van der Waals surface area contributed by atoms with Crippen molar-refractivity contribution in [2.75, 3.05) is 12.0 Å². The summed E-state index contributed by atoms with van der Waals surface area (Å²) < 4.78 is 23.4. The molecule has 118 valence electrons. The average molecular weight is 339 g/mol. The monoisotopic (exact) mass is 339 g/mol. The van der Waals surface area contributed by atoms with E-state index in [0.717, 1.165) is 6.26 Å². The topological polar surface area (TPSA) is 164 Å². The van der Waals surface area contributed by atoms with E-state index in [0.29, 0.717) is 0 Å². The first-order valence-corrected chi connectivity index (χ1v) is 8.24. The van der Waals surface area contributed by atoms with Crippen LogP contribution in [0.4, 0.5) is 5.82 Å². The summed E-state index contributed by atoms with van der Waals surface area (Å²) in [5.41, 5.74) is 4.31. The number of H-pyrrole nitrogens is 1. The van der Waals surface area contributed by atoms with Gasteiger partial charge in [0, 0.05) is 11.8 Å². The Morgan fingerprint density at radius 2 is 1.71 bits per heavy atom. The minimum atomic E-state index is -3.64. The zero-order valence-electron chi connectivity index (χ0n) is 12.3. The fourth-order valence-electron chi connectivity index (χ4n) is 2.23. The van der Waals surface area contributed by atoms with E-state index in [2.05, 4.69) is 4.98 Å². The van der Waals surface area contributed by atoms with Crippen molar-refractivity contribution in [2.45, 2.75) is 4.90 Å². The van der Waals surface area contributed by atoms with E-state index in [1.807, 2.05) is 0 Å². The van der Waals surface area contributed by atoms with Gasteiger partial charge >= 0.3 is 0 Å². The minimum Gasteiger partial charge on any atom is -0.384 e. The molecule has 0 saturated carbocycles. The third-order valence-corrected chi connectivity index (χ3v) is 4.41. The summed E-state index contributed by atoms with van der Waals surface area (Å²) in [4.78, 5) is 13.9. The number of sulfone groups is 1. The molecule has 0 amide bonds. The van der Waals surface area contributed by atoms with Gasteiger partial charge < -0.3 is 10.7 Å². The third-order valence-electron chi connectivity index (χ3n) is 3.26. The summed E-state index contributed by atoms with van der Waals surface area (Å²) in [7, 11) is -3.64. The number of rotatable bonds is 2. The smallest absolute Gasteiger partial charge is 0.268 e. The van der Waals surface area contributed by atoms with Crippen molar-refractivity contribution in [3.8, 4) is 29.3 Å². The van der Waals surface area contributed by atoms with Gasteiger partial charge in [0.15, 0.2) is 9.84 Å². The number of hydrogen-bond acceptors (Lipinski definition) is 7. The van der Waals surface area contributed by atoms with Crippen molar-refractivity contribution in [3.05, 3.63) is 45.2 Å². The van der Waals surface area contributed by atoms with Crippen molar-refractivity contribution in [3.63, 3.8) is 0 Å². The van der Waals surface area contributed by atoms with Crippen molar-refractivity contribution in [1.82, 2.24) is 4.98 Å². The highest BCUT2D eigenvalue weighted by Crippen LogP contribution is 2.30. The maximum atomic E-state index is 11.9. The Morgan fingerprint density at radius 3 is 2.21 bits per heavy atom. The molecule has 0 fully saturated rings. The van der Waals surface area contributed by atoms with E-state index in [4.69, 9.17) is 5.73 Å². The maximum absolute atomic E-state index is 11.9. The second-order valence-electron chi connectivity index (χ2n) is 4.81. The van der Waals surface area contributed by atoms with Crippen LogP contribution in [-0.2, 0) is 9.84 Å². The summed E-state index contributed by atoms with van der Waals surface area (Å²) >= 11 is 0. The molecule has 3 N–H and O–H groups in total. The zero-order chi connectivity index (χ0) is 18.1. The number of aromatic nitrogens is 1.